The molecule has 0 atom stereocenters. The number of benzene rings is 3. The number of H-pyrrole nitrogens is 1. The largest absolute Gasteiger partial charge is 0.478 e. The summed E-state index contributed by atoms with van der Waals surface area (Å²) in [4.78, 5) is 16.8. The number of hydrogen-bond acceptors (Lipinski definition) is 5. The maximum absolute atomic E-state index is 12.0. The van der Waals surface area contributed by atoms with Gasteiger partial charge in [0, 0.05) is 18.5 Å². The normalized spacial score (nSPS) is 11.2. The number of aromatic carboxylic acids is 1. The van der Waals surface area contributed by atoms with Crippen molar-refractivity contribution in [1.82, 2.24) is 30.2 Å². The molecule has 0 radical (unpaired) electrons. The molecule has 5 rings (SSSR count). The quantitative estimate of drug-likeness (QED) is 0.344. The molecule has 0 saturated heterocycles. The number of nitrogens with zero attached hydrogens (tertiary/aromatic N) is 5. The minimum Gasteiger partial charge on any atom is -0.478 e. The van der Waals surface area contributed by atoms with Crippen molar-refractivity contribution in [2.45, 2.75) is 32.7 Å². The van der Waals surface area contributed by atoms with Crippen LogP contribution in [-0.4, -0.2) is 41.3 Å². The van der Waals surface area contributed by atoms with Crippen LogP contribution >= 0.6 is 0 Å². The molecule has 2 heterocycles. The fourth-order valence-electron chi connectivity index (χ4n) is 4.30. The molecular formula is C26H24N6O2. The van der Waals surface area contributed by atoms with E-state index in [-0.39, 0.29) is 5.56 Å². The summed E-state index contributed by atoms with van der Waals surface area (Å²) in [5.41, 5.74) is 5.51. The van der Waals surface area contributed by atoms with E-state index in [4.69, 9.17) is 4.98 Å². The van der Waals surface area contributed by atoms with Crippen molar-refractivity contribution in [2.24, 2.45) is 0 Å². The monoisotopic (exact) mass is 452 g/mol. The maximum Gasteiger partial charge on any atom is 0.337 e. The number of carboxylic acid groups (broad SMARTS) is 1. The van der Waals surface area contributed by atoms with E-state index >= 15 is 0 Å². The van der Waals surface area contributed by atoms with Gasteiger partial charge in [-0.2, -0.15) is 5.21 Å². The Morgan fingerprint density at radius 3 is 2.62 bits per heavy atom. The predicted molar refractivity (Wildman–Crippen MR) is 129 cm³/mol. The van der Waals surface area contributed by atoms with E-state index in [1.54, 1.807) is 12.1 Å². The van der Waals surface area contributed by atoms with Crippen LogP contribution in [0.25, 0.3) is 33.5 Å². The third kappa shape index (κ3) is 4.05. The summed E-state index contributed by atoms with van der Waals surface area (Å²) in [6.45, 7) is 2.62. The van der Waals surface area contributed by atoms with Gasteiger partial charge in [0.05, 0.1) is 16.6 Å². The van der Waals surface area contributed by atoms with E-state index < -0.39 is 5.97 Å². The third-order valence-electron chi connectivity index (χ3n) is 5.93. The van der Waals surface area contributed by atoms with Gasteiger partial charge in [-0.15, -0.1) is 10.2 Å². The maximum atomic E-state index is 12.0. The molecule has 0 saturated carbocycles. The Labute approximate surface area is 196 Å². The lowest BCUT2D eigenvalue weighted by Crippen LogP contribution is -2.09. The second kappa shape index (κ2) is 9.27. The van der Waals surface area contributed by atoms with Crippen LogP contribution in [-0.2, 0) is 13.0 Å². The van der Waals surface area contributed by atoms with Crippen molar-refractivity contribution < 1.29 is 9.90 Å². The molecule has 0 aliphatic rings. The lowest BCUT2D eigenvalue weighted by atomic mass is 9.97. The van der Waals surface area contributed by atoms with Crippen LogP contribution < -0.4 is 0 Å². The van der Waals surface area contributed by atoms with Crippen LogP contribution in [0, 0.1) is 0 Å². The highest BCUT2D eigenvalue weighted by molar-refractivity contribution is 6.01. The molecule has 0 fully saturated rings. The Kier molecular flexibility index (Phi) is 5.86. The summed E-state index contributed by atoms with van der Waals surface area (Å²) in [7, 11) is 0. The van der Waals surface area contributed by atoms with E-state index in [1.807, 2.05) is 47.0 Å². The number of para-hydroxylation sites is 1. The SMILES string of the molecule is CCCCc1nc2cccc(C(=O)O)c2n1Cc1ccc(-c2ccccc2)c(-c2nn[nH]n2)c1. The van der Waals surface area contributed by atoms with E-state index in [9.17, 15) is 9.90 Å². The van der Waals surface area contributed by atoms with Crippen molar-refractivity contribution in [3.63, 3.8) is 0 Å². The van der Waals surface area contributed by atoms with Gasteiger partial charge in [0.2, 0.25) is 5.82 Å². The molecule has 0 unspecified atom stereocenters. The van der Waals surface area contributed by atoms with Gasteiger partial charge in [-0.25, -0.2) is 9.78 Å². The molecule has 0 aliphatic carbocycles. The third-order valence-corrected chi connectivity index (χ3v) is 5.93. The minimum atomic E-state index is -0.958. The van der Waals surface area contributed by atoms with Gasteiger partial charge in [0.15, 0.2) is 0 Å². The van der Waals surface area contributed by atoms with Gasteiger partial charge in [-0.1, -0.05) is 61.9 Å². The molecule has 8 heteroatoms. The molecule has 2 N–H and O–H groups in total. The molecule has 170 valence electrons. The van der Waals surface area contributed by atoms with E-state index in [2.05, 4.69) is 39.7 Å². The zero-order chi connectivity index (χ0) is 23.5. The van der Waals surface area contributed by atoms with Crippen molar-refractivity contribution in [3.05, 3.63) is 83.7 Å². The molecule has 0 bridgehead atoms. The predicted octanol–water partition coefficient (Wildman–Crippen LogP) is 4.97. The van der Waals surface area contributed by atoms with Gasteiger partial charge in [-0.3, -0.25) is 0 Å². The Balaban J connectivity index is 1.64. The zero-order valence-electron chi connectivity index (χ0n) is 18.8. The fraction of sp³-hybridized carbons (Fsp3) is 0.192. The number of hydrogen-bond donors (Lipinski definition) is 2. The minimum absolute atomic E-state index is 0.257. The lowest BCUT2D eigenvalue weighted by Gasteiger charge is -2.14. The summed E-state index contributed by atoms with van der Waals surface area (Å²) in [5.74, 6) is 0.438. The van der Waals surface area contributed by atoms with Crippen molar-refractivity contribution >= 4 is 17.0 Å². The number of aromatic amines is 1. The summed E-state index contributed by atoms with van der Waals surface area (Å²) in [6, 6.07) is 21.5. The second-order valence-corrected chi connectivity index (χ2v) is 8.18. The molecule has 0 spiro atoms. The number of unbranched alkanes of at least 4 members (excludes halogenated alkanes) is 1. The molecule has 0 amide bonds. The Morgan fingerprint density at radius 2 is 1.88 bits per heavy atom. The van der Waals surface area contributed by atoms with Gasteiger partial charge in [-0.05, 0) is 46.5 Å². The van der Waals surface area contributed by atoms with Crippen LogP contribution in [0.5, 0.6) is 0 Å². The smallest absolute Gasteiger partial charge is 0.337 e. The fourth-order valence-corrected chi connectivity index (χ4v) is 4.30. The molecule has 34 heavy (non-hydrogen) atoms. The van der Waals surface area contributed by atoms with Gasteiger partial charge in [0.1, 0.15) is 5.82 Å². The molecular weight excluding hydrogens is 428 g/mol. The first-order valence-electron chi connectivity index (χ1n) is 11.3. The van der Waals surface area contributed by atoms with Crippen LogP contribution in [0.1, 0.15) is 41.5 Å². The van der Waals surface area contributed by atoms with Gasteiger partial charge >= 0.3 is 5.97 Å². The van der Waals surface area contributed by atoms with Crippen LogP contribution in [0.3, 0.4) is 0 Å². The number of tetrazole rings is 1. The van der Waals surface area contributed by atoms with E-state index in [1.165, 1.54) is 0 Å². The Morgan fingerprint density at radius 1 is 1.03 bits per heavy atom. The highest BCUT2D eigenvalue weighted by atomic mass is 16.4. The number of carboxylic acids is 1. The number of imidazole rings is 1. The molecule has 2 aromatic heterocycles. The highest BCUT2D eigenvalue weighted by Crippen LogP contribution is 2.32. The number of rotatable bonds is 8. The van der Waals surface area contributed by atoms with Gasteiger partial charge < -0.3 is 9.67 Å². The molecule has 0 aliphatic heterocycles. The average Bonchev–Trinajstić information content (AvgIpc) is 3.52. The summed E-state index contributed by atoms with van der Waals surface area (Å²) in [5, 5.41) is 24.5. The lowest BCUT2D eigenvalue weighted by molar-refractivity contribution is 0.0698. The summed E-state index contributed by atoms with van der Waals surface area (Å²) < 4.78 is 2.03. The number of aryl methyl sites for hydroxylation is 1. The number of nitrogens with one attached hydrogen (secondary N) is 1. The second-order valence-electron chi connectivity index (χ2n) is 8.18. The standard InChI is InChI=1S/C26H24N6O2/c1-2-3-12-23-27-22-11-7-10-20(26(33)34)24(22)32(23)16-17-13-14-19(18-8-5-4-6-9-18)21(15-17)25-28-30-31-29-25/h4-11,13-15H,2-3,12,16H2,1H3,(H,33,34)(H,28,29,30,31). The van der Waals surface area contributed by atoms with E-state index in [0.717, 1.165) is 47.3 Å². The van der Waals surface area contributed by atoms with Crippen molar-refractivity contribution in [2.75, 3.05) is 0 Å². The van der Waals surface area contributed by atoms with Crippen LogP contribution in [0.4, 0.5) is 0 Å². The van der Waals surface area contributed by atoms with Gasteiger partial charge in [0.25, 0.3) is 0 Å². The number of aromatic nitrogens is 6. The molecule has 5 aromatic rings. The van der Waals surface area contributed by atoms with Crippen LogP contribution in [0.15, 0.2) is 66.7 Å². The van der Waals surface area contributed by atoms with Crippen molar-refractivity contribution in [3.8, 4) is 22.5 Å². The average molecular weight is 453 g/mol. The first kappa shape index (κ1) is 21.5. The Bertz CT molecular complexity index is 1440. The Hall–Kier alpha value is -4.33. The molecule has 8 nitrogen and oxygen atoms in total. The van der Waals surface area contributed by atoms with Crippen molar-refractivity contribution in [1.29, 1.82) is 0 Å². The number of fused-ring (bicyclic) bond motifs is 1. The van der Waals surface area contributed by atoms with E-state index in [0.29, 0.717) is 23.4 Å². The highest BCUT2D eigenvalue weighted by Gasteiger charge is 2.19. The summed E-state index contributed by atoms with van der Waals surface area (Å²) in [6.07, 6.45) is 2.79. The topological polar surface area (TPSA) is 110 Å². The number of carbonyl (C=O) groups is 1. The van der Waals surface area contributed by atoms with Crippen LogP contribution in [0.2, 0.25) is 0 Å². The zero-order valence-corrected chi connectivity index (χ0v) is 18.8. The first-order valence-corrected chi connectivity index (χ1v) is 11.3. The molecule has 3 aromatic carbocycles. The summed E-state index contributed by atoms with van der Waals surface area (Å²) >= 11 is 0. The first-order chi connectivity index (χ1) is 16.7.